The SMILES string of the molecule is Cc1cc2c(c3c1N1c4cc(C(C)(C)C)cc5c4B(c4ccc6c(c41)C3(C)CCC6(C)C)c1sc3ccccc3c1N5c1ccc(C(C)(C)C)cc1)C(C)(C)CCC2(C)C. The number of hydrogen-bond donors (Lipinski definition) is 0. The van der Waals surface area contributed by atoms with Gasteiger partial charge in [-0.1, -0.05) is 139 Å². The fraction of sp³-hybridized carbons (Fsp3) is 0.429. The van der Waals surface area contributed by atoms with Gasteiger partial charge in [0, 0.05) is 43.0 Å². The summed E-state index contributed by atoms with van der Waals surface area (Å²) in [4.78, 5) is 5.52. The molecule has 1 atom stereocenters. The zero-order valence-electron chi connectivity index (χ0n) is 38.7. The van der Waals surface area contributed by atoms with Crippen LogP contribution in [-0.4, -0.2) is 6.71 Å². The molecule has 4 heterocycles. The van der Waals surface area contributed by atoms with Gasteiger partial charge >= 0.3 is 0 Å². The molecule has 11 rings (SSSR count). The number of benzene rings is 5. The van der Waals surface area contributed by atoms with Crippen molar-refractivity contribution in [1.82, 2.24) is 0 Å². The summed E-state index contributed by atoms with van der Waals surface area (Å²) in [7, 11) is 0. The highest BCUT2D eigenvalue weighted by atomic mass is 32.1. The topological polar surface area (TPSA) is 6.48 Å². The molecule has 2 aliphatic carbocycles. The summed E-state index contributed by atoms with van der Waals surface area (Å²) in [5, 5.41) is 1.35. The summed E-state index contributed by atoms with van der Waals surface area (Å²) < 4.78 is 2.83. The van der Waals surface area contributed by atoms with Crippen molar-refractivity contribution in [3.8, 4) is 0 Å². The number of thiophene rings is 1. The van der Waals surface area contributed by atoms with Crippen molar-refractivity contribution in [2.24, 2.45) is 0 Å². The molecule has 0 radical (unpaired) electrons. The van der Waals surface area contributed by atoms with E-state index in [2.05, 4.69) is 186 Å². The van der Waals surface area contributed by atoms with Crippen LogP contribution in [-0.2, 0) is 32.5 Å². The maximum atomic E-state index is 2.85. The fourth-order valence-electron chi connectivity index (χ4n) is 12.5. The van der Waals surface area contributed by atoms with Crippen molar-refractivity contribution < 1.29 is 0 Å². The second-order valence-electron chi connectivity index (χ2n) is 23.6. The first kappa shape index (κ1) is 38.6. The van der Waals surface area contributed by atoms with Crippen molar-refractivity contribution in [3.63, 3.8) is 0 Å². The van der Waals surface area contributed by atoms with Gasteiger partial charge in [0.2, 0.25) is 0 Å². The van der Waals surface area contributed by atoms with Gasteiger partial charge in [0.1, 0.15) is 0 Å². The fourth-order valence-corrected chi connectivity index (χ4v) is 13.8. The van der Waals surface area contributed by atoms with Crippen LogP contribution in [0.25, 0.3) is 10.1 Å². The zero-order chi connectivity index (χ0) is 42.4. The largest absolute Gasteiger partial charge is 0.311 e. The van der Waals surface area contributed by atoms with E-state index in [1.54, 1.807) is 27.8 Å². The van der Waals surface area contributed by atoms with E-state index in [0.29, 0.717) is 0 Å². The van der Waals surface area contributed by atoms with Gasteiger partial charge in [-0.05, 0) is 145 Å². The van der Waals surface area contributed by atoms with Crippen LogP contribution in [0.15, 0.2) is 78.9 Å². The minimum absolute atomic E-state index is 0.0673. The molecule has 0 amide bonds. The second kappa shape index (κ2) is 11.8. The van der Waals surface area contributed by atoms with E-state index in [-0.39, 0.29) is 39.2 Å². The molecule has 4 heteroatoms. The second-order valence-corrected chi connectivity index (χ2v) is 24.7. The molecular formula is C56H63BN2S. The van der Waals surface area contributed by atoms with Crippen molar-refractivity contribution in [1.29, 1.82) is 0 Å². The molecule has 3 aliphatic heterocycles. The molecular weight excluding hydrogens is 744 g/mol. The summed E-state index contributed by atoms with van der Waals surface area (Å²) in [6.07, 6.45) is 4.77. The van der Waals surface area contributed by atoms with Crippen molar-refractivity contribution >= 4 is 78.0 Å². The lowest BCUT2D eigenvalue weighted by Crippen LogP contribution is -2.62. The van der Waals surface area contributed by atoms with Crippen LogP contribution in [0.1, 0.15) is 160 Å². The molecule has 1 aromatic heterocycles. The quantitative estimate of drug-likeness (QED) is 0.153. The van der Waals surface area contributed by atoms with Gasteiger partial charge in [-0.2, -0.15) is 0 Å². The van der Waals surface area contributed by atoms with E-state index < -0.39 is 0 Å². The third kappa shape index (κ3) is 4.95. The summed E-state index contributed by atoms with van der Waals surface area (Å²) in [5.41, 5.74) is 23.5. The normalized spacial score (nSPS) is 21.3. The number of aryl methyl sites for hydroxylation is 1. The molecule has 6 aromatic rings. The Labute approximate surface area is 364 Å². The predicted octanol–water partition coefficient (Wildman–Crippen LogP) is 13.9. The number of fused-ring (bicyclic) bond motifs is 11. The summed E-state index contributed by atoms with van der Waals surface area (Å²) in [6, 6.07) is 31.7. The van der Waals surface area contributed by atoms with Crippen molar-refractivity contribution in [2.75, 3.05) is 9.80 Å². The van der Waals surface area contributed by atoms with Gasteiger partial charge in [0.05, 0.1) is 11.4 Å². The van der Waals surface area contributed by atoms with Crippen LogP contribution in [0.4, 0.5) is 34.1 Å². The molecule has 0 saturated carbocycles. The molecule has 0 fully saturated rings. The number of nitrogens with zero attached hydrogens (tertiary/aromatic N) is 2. The number of anilines is 6. The number of rotatable bonds is 1. The van der Waals surface area contributed by atoms with E-state index in [4.69, 9.17) is 0 Å². The maximum absolute atomic E-state index is 2.85. The van der Waals surface area contributed by atoms with Crippen molar-refractivity contribution in [3.05, 3.63) is 123 Å². The summed E-state index contributed by atoms with van der Waals surface area (Å²) in [5.74, 6) is 0. The number of hydrogen-bond acceptors (Lipinski definition) is 3. The van der Waals surface area contributed by atoms with E-state index in [0.717, 1.165) is 6.42 Å². The highest BCUT2D eigenvalue weighted by Gasteiger charge is 2.56. The van der Waals surface area contributed by atoms with E-state index >= 15 is 0 Å². The van der Waals surface area contributed by atoms with Gasteiger partial charge in [0.25, 0.3) is 6.71 Å². The maximum Gasteiger partial charge on any atom is 0.264 e. The van der Waals surface area contributed by atoms with Crippen LogP contribution in [0.2, 0.25) is 0 Å². The lowest BCUT2D eigenvalue weighted by Gasteiger charge is -2.57. The Hall–Kier alpha value is -4.28. The summed E-state index contributed by atoms with van der Waals surface area (Å²) in [6.45, 7) is 34.6. The predicted molar refractivity (Wildman–Crippen MR) is 262 cm³/mol. The third-order valence-corrected chi connectivity index (χ3v) is 17.4. The lowest BCUT2D eigenvalue weighted by atomic mass is 9.35. The minimum atomic E-state index is -0.108. The van der Waals surface area contributed by atoms with Crippen LogP contribution in [0.3, 0.4) is 0 Å². The van der Waals surface area contributed by atoms with E-state index in [1.165, 1.54) is 95.9 Å². The molecule has 2 nitrogen and oxygen atoms in total. The first-order valence-corrected chi connectivity index (χ1v) is 23.6. The van der Waals surface area contributed by atoms with Gasteiger partial charge in [-0.25, -0.2) is 0 Å². The van der Waals surface area contributed by atoms with Crippen molar-refractivity contribution in [2.45, 2.75) is 155 Å². The smallest absolute Gasteiger partial charge is 0.264 e. The van der Waals surface area contributed by atoms with Gasteiger partial charge in [0.15, 0.2) is 0 Å². The molecule has 0 saturated heterocycles. The van der Waals surface area contributed by atoms with Gasteiger partial charge < -0.3 is 9.80 Å². The minimum Gasteiger partial charge on any atom is -0.311 e. The summed E-state index contributed by atoms with van der Waals surface area (Å²) >= 11 is 2.02. The molecule has 0 bridgehead atoms. The van der Waals surface area contributed by atoms with Gasteiger partial charge in [-0.15, -0.1) is 11.3 Å². The average molecular weight is 807 g/mol. The Morgan fingerprint density at radius 2 is 1.18 bits per heavy atom. The molecule has 0 spiro atoms. The average Bonchev–Trinajstić information content (AvgIpc) is 3.56. The Morgan fingerprint density at radius 1 is 0.567 bits per heavy atom. The lowest BCUT2D eigenvalue weighted by molar-refractivity contribution is 0.311. The zero-order valence-corrected chi connectivity index (χ0v) is 39.5. The van der Waals surface area contributed by atoms with Crippen LogP contribution >= 0.6 is 11.3 Å². The van der Waals surface area contributed by atoms with E-state index in [1.807, 2.05) is 11.3 Å². The highest BCUT2D eigenvalue weighted by molar-refractivity contribution is 7.33. The highest BCUT2D eigenvalue weighted by Crippen LogP contribution is 2.65. The molecule has 5 aliphatic rings. The Bertz CT molecular complexity index is 2850. The molecule has 0 N–H and O–H groups in total. The first-order chi connectivity index (χ1) is 28.0. The molecule has 5 aromatic carbocycles. The van der Waals surface area contributed by atoms with Crippen LogP contribution in [0, 0.1) is 6.92 Å². The standard InChI is InChI=1S/C56H63BN2S/c1-32-29-38-43(55(12,13)26-25-54(38,10)11)45-47(32)59-41-31-34(52(5,6)7)30-40-46(41)57(39-24-23-37-44(49(39)59)56(45,14)28-27-53(37,8)9)50-48(36-17-15-16-18-42(36)60-50)58(40)35-21-19-33(20-22-35)51(2,3)4/h15-24,29-31H,25-28H2,1-14H3. The Kier molecular flexibility index (Phi) is 7.59. The van der Waals surface area contributed by atoms with Gasteiger partial charge in [-0.3, -0.25) is 0 Å². The van der Waals surface area contributed by atoms with Crippen LogP contribution < -0.4 is 25.5 Å². The molecule has 306 valence electrons. The molecule has 60 heavy (non-hydrogen) atoms. The first-order valence-electron chi connectivity index (χ1n) is 22.8. The Morgan fingerprint density at radius 3 is 1.87 bits per heavy atom. The Balaban J connectivity index is 1.32. The van der Waals surface area contributed by atoms with E-state index in [9.17, 15) is 0 Å². The molecule has 1 unspecified atom stereocenters. The third-order valence-electron chi connectivity index (χ3n) is 16.2. The monoisotopic (exact) mass is 806 g/mol. The van der Waals surface area contributed by atoms with Crippen LogP contribution in [0.5, 0.6) is 0 Å².